The van der Waals surface area contributed by atoms with E-state index in [0.29, 0.717) is 6.61 Å². The lowest BCUT2D eigenvalue weighted by Gasteiger charge is -2.14. The van der Waals surface area contributed by atoms with Crippen molar-refractivity contribution in [1.82, 2.24) is 14.3 Å². The predicted molar refractivity (Wildman–Crippen MR) is 108 cm³/mol. The van der Waals surface area contributed by atoms with Gasteiger partial charge in [0.05, 0.1) is 18.5 Å². The van der Waals surface area contributed by atoms with Crippen molar-refractivity contribution < 1.29 is 9.64 Å². The van der Waals surface area contributed by atoms with Gasteiger partial charge in [0.15, 0.2) is 12.5 Å². The van der Waals surface area contributed by atoms with Crippen molar-refractivity contribution in [3.63, 3.8) is 0 Å². The number of nitrogens with zero attached hydrogens (tertiary/aromatic N) is 3. The fourth-order valence-electron chi connectivity index (χ4n) is 2.95. The summed E-state index contributed by atoms with van der Waals surface area (Å²) in [4.78, 5) is 2.48. The van der Waals surface area contributed by atoms with Crippen molar-refractivity contribution >= 4 is 23.6 Å². The maximum atomic E-state index is 5.65. The summed E-state index contributed by atoms with van der Waals surface area (Å²) in [6.45, 7) is 7.25. The van der Waals surface area contributed by atoms with E-state index < -0.39 is 0 Å². The van der Waals surface area contributed by atoms with Gasteiger partial charge in [0.1, 0.15) is 12.3 Å². The average molecular weight is 390 g/mol. The standard InChI is InChI=1S/C19H24N4OS2/c1-4-22-18(17-7-6-12-26-17)20-23(19(22)25)14-21(3)13-15-8-10-16(11-9-15)24-5-2/h6-12H,4-5,13-14H2,1-3H3/p+1. The van der Waals surface area contributed by atoms with Crippen LogP contribution < -0.4 is 9.64 Å². The van der Waals surface area contributed by atoms with E-state index in [1.54, 1.807) is 11.3 Å². The molecule has 3 aromatic rings. The Morgan fingerprint density at radius 1 is 1.19 bits per heavy atom. The molecule has 1 unspecified atom stereocenters. The molecule has 0 amide bonds. The largest absolute Gasteiger partial charge is 0.494 e. The number of benzene rings is 1. The Morgan fingerprint density at radius 2 is 1.96 bits per heavy atom. The number of ether oxygens (including phenoxy) is 1. The first-order chi connectivity index (χ1) is 12.6. The summed E-state index contributed by atoms with van der Waals surface area (Å²) >= 11 is 7.35. The molecule has 0 fully saturated rings. The van der Waals surface area contributed by atoms with Gasteiger partial charge in [-0.1, -0.05) is 6.07 Å². The van der Waals surface area contributed by atoms with E-state index in [2.05, 4.69) is 42.1 Å². The van der Waals surface area contributed by atoms with E-state index in [4.69, 9.17) is 22.1 Å². The van der Waals surface area contributed by atoms with Crippen LogP contribution in [0.15, 0.2) is 41.8 Å². The number of aromatic nitrogens is 3. The summed E-state index contributed by atoms with van der Waals surface area (Å²) in [5.74, 6) is 1.87. The monoisotopic (exact) mass is 389 g/mol. The summed E-state index contributed by atoms with van der Waals surface area (Å²) in [6, 6.07) is 12.4. The molecule has 0 bridgehead atoms. The minimum absolute atomic E-state index is 0.690. The SMILES string of the molecule is CCOc1ccc(C[NH+](C)Cn2nc(-c3cccs3)n(CC)c2=S)cc1. The molecule has 2 aromatic heterocycles. The Bertz CT molecular complexity index is 881. The Kier molecular flexibility index (Phi) is 6.24. The molecule has 1 atom stereocenters. The first-order valence-corrected chi connectivity index (χ1v) is 10.2. The van der Waals surface area contributed by atoms with Gasteiger partial charge in [0.25, 0.3) is 0 Å². The van der Waals surface area contributed by atoms with Crippen LogP contribution in [0.2, 0.25) is 0 Å². The first-order valence-electron chi connectivity index (χ1n) is 8.87. The molecule has 1 N–H and O–H groups in total. The van der Waals surface area contributed by atoms with Crippen LogP contribution in [0, 0.1) is 4.77 Å². The molecule has 0 saturated heterocycles. The zero-order valence-electron chi connectivity index (χ0n) is 15.4. The molecule has 2 heterocycles. The molecule has 0 spiro atoms. The third kappa shape index (κ3) is 4.23. The van der Waals surface area contributed by atoms with Crippen molar-refractivity contribution in [3.8, 4) is 16.5 Å². The smallest absolute Gasteiger partial charge is 0.203 e. The molecule has 5 nitrogen and oxygen atoms in total. The van der Waals surface area contributed by atoms with Crippen molar-refractivity contribution in [2.24, 2.45) is 0 Å². The van der Waals surface area contributed by atoms with Crippen LogP contribution in [0.25, 0.3) is 10.7 Å². The lowest BCUT2D eigenvalue weighted by Crippen LogP contribution is -3.07. The van der Waals surface area contributed by atoms with Gasteiger partial charge in [0.2, 0.25) is 4.77 Å². The van der Waals surface area contributed by atoms with Crippen LogP contribution in [-0.4, -0.2) is 28.0 Å². The highest BCUT2D eigenvalue weighted by atomic mass is 32.1. The fourth-order valence-corrected chi connectivity index (χ4v) is 3.99. The zero-order chi connectivity index (χ0) is 18.5. The van der Waals surface area contributed by atoms with Gasteiger partial charge >= 0.3 is 0 Å². The Balaban J connectivity index is 1.73. The van der Waals surface area contributed by atoms with Crippen LogP contribution in [0.4, 0.5) is 0 Å². The molecule has 3 rings (SSSR count). The van der Waals surface area contributed by atoms with Crippen molar-refractivity contribution in [2.75, 3.05) is 13.7 Å². The molecule has 0 aliphatic heterocycles. The zero-order valence-corrected chi connectivity index (χ0v) is 17.1. The highest BCUT2D eigenvalue weighted by Gasteiger charge is 2.15. The highest BCUT2D eigenvalue weighted by Crippen LogP contribution is 2.23. The summed E-state index contributed by atoms with van der Waals surface area (Å²) in [6.07, 6.45) is 0. The predicted octanol–water partition coefficient (Wildman–Crippen LogP) is 3.23. The maximum absolute atomic E-state index is 5.65. The van der Waals surface area contributed by atoms with Crippen LogP contribution in [0.1, 0.15) is 19.4 Å². The Labute approximate surface area is 163 Å². The van der Waals surface area contributed by atoms with Gasteiger partial charge in [-0.2, -0.15) is 4.68 Å². The second-order valence-electron chi connectivity index (χ2n) is 6.20. The van der Waals surface area contributed by atoms with Gasteiger partial charge in [-0.05, 0) is 61.8 Å². The van der Waals surface area contributed by atoms with Gasteiger partial charge < -0.3 is 9.64 Å². The molecule has 138 valence electrons. The number of thiophene rings is 1. The second kappa shape index (κ2) is 8.62. The number of nitrogens with one attached hydrogen (secondary N) is 1. The molecular weight excluding hydrogens is 364 g/mol. The van der Waals surface area contributed by atoms with E-state index in [1.165, 1.54) is 10.5 Å². The van der Waals surface area contributed by atoms with Gasteiger partial charge in [-0.15, -0.1) is 16.4 Å². The number of rotatable bonds is 8. The number of quaternary nitrogens is 1. The normalized spacial score (nSPS) is 12.3. The van der Waals surface area contributed by atoms with Crippen LogP contribution in [0.5, 0.6) is 5.75 Å². The van der Waals surface area contributed by atoms with E-state index >= 15 is 0 Å². The van der Waals surface area contributed by atoms with E-state index in [9.17, 15) is 0 Å². The number of hydrogen-bond donors (Lipinski definition) is 1. The average Bonchev–Trinajstić information content (AvgIpc) is 3.25. The minimum atomic E-state index is 0.690. The molecule has 0 saturated carbocycles. The third-order valence-corrected chi connectivity index (χ3v) is 5.44. The quantitative estimate of drug-likeness (QED) is 0.601. The van der Waals surface area contributed by atoms with Gasteiger partial charge in [-0.3, -0.25) is 4.57 Å². The van der Waals surface area contributed by atoms with Crippen molar-refractivity contribution in [1.29, 1.82) is 0 Å². The molecule has 1 aromatic carbocycles. The molecule has 7 heteroatoms. The lowest BCUT2D eigenvalue weighted by atomic mass is 10.2. The number of hydrogen-bond acceptors (Lipinski definition) is 4. The van der Waals surface area contributed by atoms with E-state index in [-0.39, 0.29) is 0 Å². The first kappa shape index (κ1) is 18.8. The van der Waals surface area contributed by atoms with Gasteiger partial charge in [-0.25, -0.2) is 0 Å². The van der Waals surface area contributed by atoms with Crippen molar-refractivity contribution in [3.05, 3.63) is 52.1 Å². The molecule has 0 aliphatic rings. The third-order valence-electron chi connectivity index (χ3n) is 4.14. The molecule has 0 radical (unpaired) electrons. The van der Waals surface area contributed by atoms with Crippen LogP contribution in [-0.2, 0) is 19.8 Å². The van der Waals surface area contributed by atoms with E-state index in [0.717, 1.165) is 41.0 Å². The summed E-state index contributed by atoms with van der Waals surface area (Å²) in [7, 11) is 2.16. The van der Waals surface area contributed by atoms with E-state index in [1.807, 2.05) is 29.8 Å². The maximum Gasteiger partial charge on any atom is 0.203 e. The topological polar surface area (TPSA) is 36.4 Å². The molecule has 26 heavy (non-hydrogen) atoms. The van der Waals surface area contributed by atoms with Crippen LogP contribution >= 0.6 is 23.6 Å². The summed E-state index contributed by atoms with van der Waals surface area (Å²) < 4.78 is 10.3. The molecular formula is C19H25N4OS2+. The highest BCUT2D eigenvalue weighted by molar-refractivity contribution is 7.71. The molecule has 0 aliphatic carbocycles. The summed E-state index contributed by atoms with van der Waals surface area (Å²) in [5, 5.41) is 6.86. The van der Waals surface area contributed by atoms with Crippen LogP contribution in [0.3, 0.4) is 0 Å². The minimum Gasteiger partial charge on any atom is -0.494 e. The van der Waals surface area contributed by atoms with Crippen molar-refractivity contribution in [2.45, 2.75) is 33.6 Å². The lowest BCUT2D eigenvalue weighted by molar-refractivity contribution is -0.917. The second-order valence-corrected chi connectivity index (χ2v) is 7.51. The van der Waals surface area contributed by atoms with Gasteiger partial charge in [0, 0.05) is 12.1 Å². The summed E-state index contributed by atoms with van der Waals surface area (Å²) in [5.41, 5.74) is 1.27. The fraction of sp³-hybridized carbons (Fsp3) is 0.368. The Morgan fingerprint density at radius 3 is 2.58 bits per heavy atom. The Hall–Kier alpha value is -1.96.